The minimum Gasteiger partial charge on any atom is -0.378 e. The van der Waals surface area contributed by atoms with Gasteiger partial charge in [0.05, 0.1) is 53.8 Å². The van der Waals surface area contributed by atoms with E-state index in [1.54, 1.807) is 31.5 Å². The lowest BCUT2D eigenvalue weighted by Gasteiger charge is -2.12. The van der Waals surface area contributed by atoms with Crippen molar-refractivity contribution >= 4 is 17.9 Å². The van der Waals surface area contributed by atoms with Crippen LogP contribution in [0.5, 0.6) is 0 Å². The van der Waals surface area contributed by atoms with Crippen LogP contribution in [0.3, 0.4) is 0 Å². The second-order valence-corrected chi connectivity index (χ2v) is 7.49. The van der Waals surface area contributed by atoms with Crippen LogP contribution in [0.1, 0.15) is 36.5 Å². The van der Waals surface area contributed by atoms with E-state index in [0.717, 1.165) is 17.0 Å². The van der Waals surface area contributed by atoms with Crippen LogP contribution in [0.2, 0.25) is 0 Å². The van der Waals surface area contributed by atoms with Gasteiger partial charge in [0.15, 0.2) is 0 Å². The number of nitrogens with one attached hydrogen (secondary N) is 1. The Kier molecular flexibility index (Phi) is 8.16. The number of benzene rings is 1. The Morgan fingerprint density at radius 3 is 2.67 bits per heavy atom. The topological polar surface area (TPSA) is 134 Å². The van der Waals surface area contributed by atoms with Crippen LogP contribution in [0.4, 0.5) is 5.95 Å². The summed E-state index contributed by atoms with van der Waals surface area (Å²) in [6.07, 6.45) is 1.57. The lowest BCUT2D eigenvalue weighted by atomic mass is 10.1. The second kappa shape index (κ2) is 11.5. The van der Waals surface area contributed by atoms with Crippen LogP contribution in [-0.4, -0.2) is 40.0 Å². The molecule has 0 radical (unpaired) electrons. The van der Waals surface area contributed by atoms with Crippen LogP contribution in [0.15, 0.2) is 58.6 Å². The quantitative estimate of drug-likeness (QED) is 0.295. The van der Waals surface area contributed by atoms with Gasteiger partial charge in [-0.25, -0.2) is 9.97 Å². The van der Waals surface area contributed by atoms with E-state index in [1.807, 2.05) is 44.2 Å². The molecule has 0 unspecified atom stereocenters. The van der Waals surface area contributed by atoms with Crippen LogP contribution >= 0.6 is 0 Å². The number of hydrazone groups is 1. The van der Waals surface area contributed by atoms with Crippen molar-refractivity contribution in [3.8, 4) is 17.3 Å². The molecule has 1 aromatic carbocycles. The van der Waals surface area contributed by atoms with Crippen LogP contribution in [-0.2, 0) is 17.9 Å². The highest BCUT2D eigenvalue weighted by Crippen LogP contribution is 2.21. The summed E-state index contributed by atoms with van der Waals surface area (Å²) in [6, 6.07) is 17.0. The number of hydrogen-bond donors (Lipinski definition) is 2. The van der Waals surface area contributed by atoms with Gasteiger partial charge in [0.25, 0.3) is 0 Å². The molecule has 0 aliphatic heterocycles. The molecular weight excluding hydrogens is 416 g/mol. The van der Waals surface area contributed by atoms with Gasteiger partial charge in [-0.1, -0.05) is 18.2 Å². The number of hydrogen-bond acceptors (Lipinski definition) is 9. The average Bonchev–Trinajstić information content (AvgIpc) is 2.82. The van der Waals surface area contributed by atoms with Crippen molar-refractivity contribution in [1.29, 1.82) is 5.26 Å². The Morgan fingerprint density at radius 1 is 1.15 bits per heavy atom. The van der Waals surface area contributed by atoms with Crippen molar-refractivity contribution in [2.45, 2.75) is 33.0 Å². The summed E-state index contributed by atoms with van der Waals surface area (Å²) in [5.74, 6) is 6.11. The van der Waals surface area contributed by atoms with Crippen molar-refractivity contribution in [1.82, 2.24) is 15.0 Å². The molecule has 2 aromatic heterocycles. The van der Waals surface area contributed by atoms with E-state index in [2.05, 4.69) is 36.4 Å². The molecule has 0 aliphatic rings. The predicted octanol–water partition coefficient (Wildman–Crippen LogP) is 3.31. The maximum absolute atomic E-state index is 9.24. The molecule has 0 fully saturated rings. The largest absolute Gasteiger partial charge is 0.378 e. The molecule has 0 bridgehead atoms. The van der Waals surface area contributed by atoms with Crippen LogP contribution in [0, 0.1) is 11.3 Å². The van der Waals surface area contributed by atoms with E-state index in [-0.39, 0.29) is 6.04 Å². The van der Waals surface area contributed by atoms with Crippen molar-refractivity contribution in [3.05, 3.63) is 71.2 Å². The monoisotopic (exact) mass is 442 g/mol. The molecule has 0 amide bonds. The Morgan fingerprint density at radius 2 is 1.94 bits per heavy atom. The molecule has 3 rings (SSSR count). The summed E-state index contributed by atoms with van der Waals surface area (Å²) >= 11 is 0. The van der Waals surface area contributed by atoms with Gasteiger partial charge in [-0.05, 0) is 44.2 Å². The molecule has 9 heteroatoms. The third-order valence-electron chi connectivity index (χ3n) is 4.46. The first-order valence-electron chi connectivity index (χ1n) is 10.4. The zero-order chi connectivity index (χ0) is 23.6. The number of aromatic nitrogens is 3. The molecule has 0 saturated heterocycles. The summed E-state index contributed by atoms with van der Waals surface area (Å²) in [5, 5.41) is 16.3. The number of aliphatic imine (C=N–C) groups is 1. The SMILES string of the molecule is COCc1cccc(CN=CC(=NN)c2cc(-c3cccc(C#N)c3)nc(NC(C)C)n2)n1. The first-order valence-corrected chi connectivity index (χ1v) is 10.4. The zero-order valence-electron chi connectivity index (χ0n) is 18.9. The fourth-order valence-electron chi connectivity index (χ4n) is 3.03. The normalized spacial score (nSPS) is 11.7. The number of pyridine rings is 1. The van der Waals surface area contributed by atoms with E-state index in [1.165, 1.54) is 0 Å². The zero-order valence-corrected chi connectivity index (χ0v) is 18.9. The maximum Gasteiger partial charge on any atom is 0.224 e. The Labute approximate surface area is 193 Å². The fraction of sp³-hybridized carbons (Fsp3) is 0.250. The van der Waals surface area contributed by atoms with Crippen molar-refractivity contribution in [2.24, 2.45) is 15.9 Å². The Hall–Kier alpha value is -4.16. The van der Waals surface area contributed by atoms with Crippen molar-refractivity contribution in [3.63, 3.8) is 0 Å². The van der Waals surface area contributed by atoms with Crippen LogP contribution in [0.25, 0.3) is 11.3 Å². The molecule has 0 aliphatic carbocycles. The Balaban J connectivity index is 1.90. The summed E-state index contributed by atoms with van der Waals surface area (Å²) in [6.45, 7) is 4.79. The van der Waals surface area contributed by atoms with E-state index >= 15 is 0 Å². The summed E-state index contributed by atoms with van der Waals surface area (Å²) in [7, 11) is 1.63. The number of nitrogens with zero attached hydrogens (tertiary/aromatic N) is 6. The molecule has 9 nitrogen and oxygen atoms in total. The van der Waals surface area contributed by atoms with Crippen LogP contribution < -0.4 is 11.2 Å². The lowest BCUT2D eigenvalue weighted by Crippen LogP contribution is -2.16. The van der Waals surface area contributed by atoms with Gasteiger partial charge in [0, 0.05) is 18.7 Å². The molecule has 33 heavy (non-hydrogen) atoms. The van der Waals surface area contributed by atoms with Crippen molar-refractivity contribution in [2.75, 3.05) is 12.4 Å². The second-order valence-electron chi connectivity index (χ2n) is 7.49. The van der Waals surface area contributed by atoms with Gasteiger partial charge in [0.2, 0.25) is 5.95 Å². The van der Waals surface area contributed by atoms with E-state index in [9.17, 15) is 5.26 Å². The highest BCUT2D eigenvalue weighted by Gasteiger charge is 2.12. The molecule has 0 saturated carbocycles. The van der Waals surface area contributed by atoms with E-state index in [0.29, 0.717) is 41.8 Å². The van der Waals surface area contributed by atoms with Crippen molar-refractivity contribution < 1.29 is 4.74 Å². The first kappa shape index (κ1) is 23.5. The fourth-order valence-corrected chi connectivity index (χ4v) is 3.03. The maximum atomic E-state index is 9.24. The molecular formula is C24H26N8O. The van der Waals surface area contributed by atoms with E-state index in [4.69, 9.17) is 10.6 Å². The smallest absolute Gasteiger partial charge is 0.224 e. The van der Waals surface area contributed by atoms with Gasteiger partial charge in [-0.15, -0.1) is 0 Å². The third kappa shape index (κ3) is 6.66. The molecule has 0 spiro atoms. The summed E-state index contributed by atoms with van der Waals surface area (Å²) in [5.41, 5.74) is 4.52. The number of methoxy groups -OCH3 is 1. The standard InChI is InChI=1S/C24H26N8O/c1-16(2)28-24-30-21(18-7-4-6-17(10-18)12-25)11-22(31-24)23(32-26)14-27-13-19-8-5-9-20(29-19)15-33-3/h4-11,14,16H,13,15,26H2,1-3H3,(H,28,30,31). The molecule has 168 valence electrons. The minimum absolute atomic E-state index is 0.121. The third-order valence-corrected chi connectivity index (χ3v) is 4.46. The van der Waals surface area contributed by atoms with Gasteiger partial charge in [0.1, 0.15) is 5.71 Å². The lowest BCUT2D eigenvalue weighted by molar-refractivity contribution is 0.181. The number of rotatable bonds is 9. The Bertz CT molecular complexity index is 1200. The van der Waals surface area contributed by atoms with Gasteiger partial charge in [-0.2, -0.15) is 10.4 Å². The molecule has 2 heterocycles. The van der Waals surface area contributed by atoms with Gasteiger partial charge in [-0.3, -0.25) is 9.98 Å². The highest BCUT2D eigenvalue weighted by atomic mass is 16.5. The van der Waals surface area contributed by atoms with E-state index < -0.39 is 0 Å². The number of ether oxygens (including phenoxy) is 1. The van der Waals surface area contributed by atoms with Gasteiger partial charge >= 0.3 is 0 Å². The molecule has 3 N–H and O–H groups in total. The number of anilines is 1. The average molecular weight is 443 g/mol. The highest BCUT2D eigenvalue weighted by molar-refractivity contribution is 6.37. The first-order chi connectivity index (χ1) is 16.0. The molecule has 3 aromatic rings. The predicted molar refractivity (Wildman–Crippen MR) is 129 cm³/mol. The summed E-state index contributed by atoms with van der Waals surface area (Å²) < 4.78 is 5.13. The van der Waals surface area contributed by atoms with Gasteiger partial charge < -0.3 is 15.9 Å². The number of nitriles is 1. The number of nitrogens with two attached hydrogens (primary N) is 1. The molecule has 0 atom stereocenters. The summed E-state index contributed by atoms with van der Waals surface area (Å²) in [4.78, 5) is 18.1. The minimum atomic E-state index is 0.121.